The van der Waals surface area contributed by atoms with E-state index in [0.29, 0.717) is 6.42 Å². The normalized spacial score (nSPS) is 13.2. The third kappa shape index (κ3) is 5.96. The number of anilines is 1. The van der Waals surface area contributed by atoms with Crippen LogP contribution in [0.2, 0.25) is 0 Å². The summed E-state index contributed by atoms with van der Waals surface area (Å²) in [5.41, 5.74) is 2.36. The van der Waals surface area contributed by atoms with Gasteiger partial charge in [-0.2, -0.15) is 0 Å². The van der Waals surface area contributed by atoms with Gasteiger partial charge in [0.15, 0.2) is 5.96 Å². The summed E-state index contributed by atoms with van der Waals surface area (Å²) in [4.78, 5) is 18.5. The Labute approximate surface area is 162 Å². The van der Waals surface area contributed by atoms with Crippen LogP contribution < -0.4 is 15.5 Å². The maximum absolute atomic E-state index is 12.4. The molecule has 1 amide bonds. The highest BCUT2D eigenvalue weighted by Gasteiger charge is 2.23. The van der Waals surface area contributed by atoms with E-state index >= 15 is 0 Å². The van der Waals surface area contributed by atoms with Gasteiger partial charge in [-0.15, -0.1) is 24.0 Å². The lowest BCUT2D eigenvalue weighted by molar-refractivity contribution is -0.118. The van der Waals surface area contributed by atoms with Crippen molar-refractivity contribution in [3.05, 3.63) is 29.8 Å². The van der Waals surface area contributed by atoms with E-state index in [4.69, 9.17) is 0 Å². The van der Waals surface area contributed by atoms with Gasteiger partial charge < -0.3 is 15.5 Å². The van der Waals surface area contributed by atoms with Gasteiger partial charge in [0.2, 0.25) is 5.91 Å². The Bertz CT molecular complexity index is 548. The molecule has 1 aromatic carbocycles. The molecule has 1 aliphatic rings. The predicted octanol–water partition coefficient (Wildman–Crippen LogP) is 2.94. The number of hydrogen-bond donors (Lipinski definition) is 2. The number of benzene rings is 1. The number of fused-ring (bicyclic) bond motifs is 1. The molecule has 1 aromatic rings. The van der Waals surface area contributed by atoms with Crippen LogP contribution in [0.1, 0.15) is 38.2 Å². The zero-order chi connectivity index (χ0) is 16.5. The first-order valence-corrected chi connectivity index (χ1v) is 8.59. The number of aliphatic imine (C=N–C) groups is 1. The van der Waals surface area contributed by atoms with Crippen molar-refractivity contribution in [1.29, 1.82) is 0 Å². The zero-order valence-electron chi connectivity index (χ0n) is 14.7. The molecule has 0 aliphatic carbocycles. The van der Waals surface area contributed by atoms with Crippen molar-refractivity contribution in [2.24, 2.45) is 4.99 Å². The molecule has 5 nitrogen and oxygen atoms in total. The smallest absolute Gasteiger partial charge is 0.227 e. The van der Waals surface area contributed by atoms with Crippen LogP contribution in [-0.2, 0) is 11.2 Å². The maximum Gasteiger partial charge on any atom is 0.227 e. The van der Waals surface area contributed by atoms with E-state index < -0.39 is 0 Å². The molecule has 0 bridgehead atoms. The molecular formula is C18H29IN4O. The summed E-state index contributed by atoms with van der Waals surface area (Å²) in [5, 5.41) is 6.53. The monoisotopic (exact) mass is 444 g/mol. The van der Waals surface area contributed by atoms with Crippen LogP contribution >= 0.6 is 24.0 Å². The standard InChI is InChI=1S/C18H28N4O.HI/c1-3-4-12-20-18(19-2)21-13-7-10-17(23)22-14-11-15-8-5-6-9-16(15)22;/h5-6,8-9H,3-4,7,10-14H2,1-2H3,(H2,19,20,21);1H. The number of halogens is 1. The molecular weight excluding hydrogens is 415 g/mol. The first kappa shape index (κ1) is 20.7. The number of para-hydroxylation sites is 1. The molecule has 0 radical (unpaired) electrons. The summed E-state index contributed by atoms with van der Waals surface area (Å²) < 4.78 is 0. The molecule has 24 heavy (non-hydrogen) atoms. The summed E-state index contributed by atoms with van der Waals surface area (Å²) in [6, 6.07) is 8.18. The minimum absolute atomic E-state index is 0. The van der Waals surface area contributed by atoms with Crippen LogP contribution in [0.25, 0.3) is 0 Å². The minimum atomic E-state index is 0. The number of guanidine groups is 1. The number of hydrogen-bond acceptors (Lipinski definition) is 2. The Kier molecular flexibility index (Phi) is 9.75. The zero-order valence-corrected chi connectivity index (χ0v) is 17.0. The Balaban J connectivity index is 0.00000288. The van der Waals surface area contributed by atoms with Crippen LogP contribution in [-0.4, -0.2) is 38.5 Å². The average molecular weight is 444 g/mol. The third-order valence-electron chi connectivity index (χ3n) is 4.09. The molecule has 0 saturated heterocycles. The Morgan fingerprint density at radius 3 is 2.62 bits per heavy atom. The van der Waals surface area contributed by atoms with Gasteiger partial charge in [0, 0.05) is 38.8 Å². The van der Waals surface area contributed by atoms with Crippen molar-refractivity contribution in [1.82, 2.24) is 10.6 Å². The van der Waals surface area contributed by atoms with E-state index in [0.717, 1.165) is 57.0 Å². The Morgan fingerprint density at radius 2 is 1.92 bits per heavy atom. The van der Waals surface area contributed by atoms with E-state index in [1.54, 1.807) is 7.05 Å². The predicted molar refractivity (Wildman–Crippen MR) is 111 cm³/mol. The van der Waals surface area contributed by atoms with E-state index in [-0.39, 0.29) is 29.9 Å². The molecule has 0 fully saturated rings. The number of unbranched alkanes of at least 4 members (excludes halogenated alkanes) is 1. The fourth-order valence-corrected chi connectivity index (χ4v) is 2.78. The Hall–Kier alpha value is -1.31. The van der Waals surface area contributed by atoms with Gasteiger partial charge in [0.05, 0.1) is 0 Å². The van der Waals surface area contributed by atoms with E-state index in [2.05, 4.69) is 28.6 Å². The molecule has 0 unspecified atom stereocenters. The number of nitrogens with zero attached hydrogens (tertiary/aromatic N) is 2. The molecule has 6 heteroatoms. The molecule has 134 valence electrons. The first-order valence-electron chi connectivity index (χ1n) is 8.59. The summed E-state index contributed by atoms with van der Waals surface area (Å²) in [5.74, 6) is 1.03. The van der Waals surface area contributed by atoms with Gasteiger partial charge in [0.1, 0.15) is 0 Å². The van der Waals surface area contributed by atoms with Gasteiger partial charge >= 0.3 is 0 Å². The molecule has 1 heterocycles. The van der Waals surface area contributed by atoms with Crippen LogP contribution in [0.3, 0.4) is 0 Å². The van der Waals surface area contributed by atoms with Crippen LogP contribution in [0.5, 0.6) is 0 Å². The van der Waals surface area contributed by atoms with E-state index in [1.165, 1.54) is 5.56 Å². The van der Waals surface area contributed by atoms with Crippen molar-refractivity contribution >= 4 is 41.5 Å². The third-order valence-corrected chi connectivity index (χ3v) is 4.09. The highest BCUT2D eigenvalue weighted by atomic mass is 127. The van der Waals surface area contributed by atoms with Gasteiger partial charge in [-0.05, 0) is 30.9 Å². The second-order valence-electron chi connectivity index (χ2n) is 5.81. The number of nitrogens with one attached hydrogen (secondary N) is 2. The van der Waals surface area contributed by atoms with Gasteiger partial charge in [0.25, 0.3) is 0 Å². The minimum Gasteiger partial charge on any atom is -0.356 e. The summed E-state index contributed by atoms with van der Waals surface area (Å²) >= 11 is 0. The lowest BCUT2D eigenvalue weighted by Crippen LogP contribution is -2.38. The maximum atomic E-state index is 12.4. The fourth-order valence-electron chi connectivity index (χ4n) is 2.78. The second-order valence-corrected chi connectivity index (χ2v) is 5.81. The lowest BCUT2D eigenvalue weighted by atomic mass is 10.2. The number of rotatable bonds is 7. The Morgan fingerprint density at radius 1 is 1.21 bits per heavy atom. The number of carbonyl (C=O) groups is 1. The molecule has 0 saturated carbocycles. The van der Waals surface area contributed by atoms with Crippen molar-refractivity contribution < 1.29 is 4.79 Å². The lowest BCUT2D eigenvalue weighted by Gasteiger charge is -2.17. The van der Waals surface area contributed by atoms with Crippen molar-refractivity contribution in [2.45, 2.75) is 39.0 Å². The first-order chi connectivity index (χ1) is 11.3. The summed E-state index contributed by atoms with van der Waals surface area (Å²) in [6.07, 6.45) is 4.64. The van der Waals surface area contributed by atoms with Gasteiger partial charge in [-0.1, -0.05) is 31.5 Å². The second kappa shape index (κ2) is 11.3. The van der Waals surface area contributed by atoms with Crippen LogP contribution in [0.15, 0.2) is 29.3 Å². The van der Waals surface area contributed by atoms with Crippen molar-refractivity contribution in [2.75, 3.05) is 31.6 Å². The average Bonchev–Trinajstić information content (AvgIpc) is 3.01. The van der Waals surface area contributed by atoms with Crippen molar-refractivity contribution in [3.63, 3.8) is 0 Å². The van der Waals surface area contributed by atoms with Crippen molar-refractivity contribution in [3.8, 4) is 0 Å². The molecule has 0 atom stereocenters. The summed E-state index contributed by atoms with van der Waals surface area (Å²) in [7, 11) is 1.77. The highest BCUT2D eigenvalue weighted by molar-refractivity contribution is 14.0. The topological polar surface area (TPSA) is 56.7 Å². The van der Waals surface area contributed by atoms with Gasteiger partial charge in [-0.3, -0.25) is 9.79 Å². The quantitative estimate of drug-likeness (QED) is 0.294. The SMILES string of the molecule is CCCCNC(=NC)NCCCC(=O)N1CCc2ccccc21.I. The summed E-state index contributed by atoms with van der Waals surface area (Å²) in [6.45, 7) is 4.67. The molecule has 0 aromatic heterocycles. The molecule has 0 spiro atoms. The van der Waals surface area contributed by atoms with Crippen LogP contribution in [0.4, 0.5) is 5.69 Å². The van der Waals surface area contributed by atoms with E-state index in [1.807, 2.05) is 23.1 Å². The molecule has 2 N–H and O–H groups in total. The van der Waals surface area contributed by atoms with Crippen LogP contribution in [0, 0.1) is 0 Å². The van der Waals surface area contributed by atoms with E-state index in [9.17, 15) is 4.79 Å². The fraction of sp³-hybridized carbons (Fsp3) is 0.556. The molecule has 1 aliphatic heterocycles. The molecule has 2 rings (SSSR count). The largest absolute Gasteiger partial charge is 0.356 e. The number of amides is 1. The number of carbonyl (C=O) groups excluding carboxylic acids is 1. The van der Waals surface area contributed by atoms with Gasteiger partial charge in [-0.25, -0.2) is 0 Å². The highest BCUT2D eigenvalue weighted by Crippen LogP contribution is 2.27.